The van der Waals surface area contributed by atoms with Crippen LogP contribution in [0, 0.1) is 6.92 Å². The lowest BCUT2D eigenvalue weighted by atomic mass is 9.99. The lowest BCUT2D eigenvalue weighted by Crippen LogP contribution is -2.11. The van der Waals surface area contributed by atoms with Crippen LogP contribution in [0.2, 0.25) is 0 Å². The Hall–Kier alpha value is -1.96. The Morgan fingerprint density at radius 3 is 2.76 bits per heavy atom. The number of hydrogen-bond acceptors (Lipinski definition) is 2. The highest BCUT2D eigenvalue weighted by Gasteiger charge is 2.18. The third kappa shape index (κ3) is 3.05. The number of hydrogen-bond donors (Lipinski definition) is 1. The van der Waals surface area contributed by atoms with Gasteiger partial charge in [-0.1, -0.05) is 30.7 Å². The minimum absolute atomic E-state index is 0.413. The van der Waals surface area contributed by atoms with Crippen molar-refractivity contribution < 1.29 is 4.74 Å². The molecule has 2 heteroatoms. The molecule has 0 saturated carbocycles. The zero-order chi connectivity index (χ0) is 14.7. The van der Waals surface area contributed by atoms with Gasteiger partial charge in [0.2, 0.25) is 0 Å². The molecule has 1 aliphatic rings. The summed E-state index contributed by atoms with van der Waals surface area (Å²) in [6.07, 6.45) is 4.97. The number of methoxy groups -OCH3 is 1. The largest absolute Gasteiger partial charge is 0.496 e. The molecule has 0 radical (unpaired) electrons. The van der Waals surface area contributed by atoms with Crippen LogP contribution in [0.5, 0.6) is 5.75 Å². The van der Waals surface area contributed by atoms with Crippen molar-refractivity contribution in [3.05, 3.63) is 59.2 Å². The van der Waals surface area contributed by atoms with Gasteiger partial charge in [-0.05, 0) is 61.1 Å². The summed E-state index contributed by atoms with van der Waals surface area (Å²) in [5.74, 6) is 0.946. The van der Waals surface area contributed by atoms with E-state index in [4.69, 9.17) is 4.74 Å². The summed E-state index contributed by atoms with van der Waals surface area (Å²) in [7, 11) is 1.72. The standard InChI is InChI=1S/C19H23NO/c1-14-13-16(11-12-19(14)21-2)20-18-10-6-4-8-15-7-3-5-9-17(15)18/h3,5,7,9,11-13,18,20H,4,6,8,10H2,1-2H3. The van der Waals surface area contributed by atoms with E-state index < -0.39 is 0 Å². The molecule has 0 fully saturated rings. The number of fused-ring (bicyclic) bond motifs is 1. The van der Waals surface area contributed by atoms with Crippen molar-refractivity contribution in [2.45, 2.75) is 38.6 Å². The van der Waals surface area contributed by atoms with E-state index in [2.05, 4.69) is 48.6 Å². The number of nitrogens with one attached hydrogen (secondary N) is 1. The Kier molecular flexibility index (Phi) is 4.14. The van der Waals surface area contributed by atoms with Crippen molar-refractivity contribution >= 4 is 5.69 Å². The number of ether oxygens (including phenoxy) is 1. The predicted octanol–water partition coefficient (Wildman–Crippen LogP) is 4.88. The van der Waals surface area contributed by atoms with Crippen molar-refractivity contribution in [1.82, 2.24) is 0 Å². The highest BCUT2D eigenvalue weighted by molar-refractivity contribution is 5.52. The molecule has 0 heterocycles. The van der Waals surface area contributed by atoms with Crippen LogP contribution < -0.4 is 10.1 Å². The molecular formula is C19H23NO. The molecule has 1 atom stereocenters. The van der Waals surface area contributed by atoms with Gasteiger partial charge in [-0.3, -0.25) is 0 Å². The molecule has 2 aromatic rings. The molecule has 2 nitrogen and oxygen atoms in total. The molecule has 0 bridgehead atoms. The SMILES string of the molecule is COc1ccc(NC2CCCCc3ccccc32)cc1C. The van der Waals surface area contributed by atoms with Gasteiger partial charge in [-0.15, -0.1) is 0 Å². The molecule has 0 aromatic heterocycles. The second kappa shape index (κ2) is 6.21. The number of benzene rings is 2. The second-order valence-corrected chi connectivity index (χ2v) is 5.83. The normalized spacial score (nSPS) is 17.7. The van der Waals surface area contributed by atoms with Gasteiger partial charge < -0.3 is 10.1 Å². The fourth-order valence-corrected chi connectivity index (χ4v) is 3.24. The minimum Gasteiger partial charge on any atom is -0.496 e. The lowest BCUT2D eigenvalue weighted by molar-refractivity contribution is 0.412. The molecule has 3 rings (SSSR count). The van der Waals surface area contributed by atoms with Gasteiger partial charge in [-0.25, -0.2) is 0 Å². The molecule has 0 amide bonds. The van der Waals surface area contributed by atoms with E-state index in [1.807, 2.05) is 6.07 Å². The average molecular weight is 281 g/mol. The maximum atomic E-state index is 5.34. The van der Waals surface area contributed by atoms with Gasteiger partial charge in [0, 0.05) is 5.69 Å². The number of rotatable bonds is 3. The third-order valence-corrected chi connectivity index (χ3v) is 4.36. The van der Waals surface area contributed by atoms with E-state index in [9.17, 15) is 0 Å². The Balaban J connectivity index is 1.86. The summed E-state index contributed by atoms with van der Waals surface area (Å²) in [6.45, 7) is 2.09. The molecule has 1 unspecified atom stereocenters. The first kappa shape index (κ1) is 14.0. The monoisotopic (exact) mass is 281 g/mol. The summed E-state index contributed by atoms with van der Waals surface area (Å²) in [5, 5.41) is 3.71. The first-order chi connectivity index (χ1) is 10.3. The number of aryl methyl sites for hydroxylation is 2. The van der Waals surface area contributed by atoms with Crippen LogP contribution in [0.3, 0.4) is 0 Å². The van der Waals surface area contributed by atoms with Crippen molar-refractivity contribution in [2.75, 3.05) is 12.4 Å². The summed E-state index contributed by atoms with van der Waals surface area (Å²) >= 11 is 0. The van der Waals surface area contributed by atoms with Gasteiger partial charge in [-0.2, -0.15) is 0 Å². The highest BCUT2D eigenvalue weighted by Crippen LogP contribution is 2.32. The topological polar surface area (TPSA) is 21.3 Å². The van der Waals surface area contributed by atoms with Crippen LogP contribution in [0.25, 0.3) is 0 Å². The first-order valence-corrected chi connectivity index (χ1v) is 7.77. The predicted molar refractivity (Wildman–Crippen MR) is 88.1 cm³/mol. The number of anilines is 1. The Bertz CT molecular complexity index is 621. The fraction of sp³-hybridized carbons (Fsp3) is 0.368. The third-order valence-electron chi connectivity index (χ3n) is 4.36. The van der Waals surface area contributed by atoms with Crippen LogP contribution in [0.4, 0.5) is 5.69 Å². The Labute approximate surface area is 127 Å². The van der Waals surface area contributed by atoms with Gasteiger partial charge in [0.05, 0.1) is 13.2 Å². The van der Waals surface area contributed by atoms with E-state index >= 15 is 0 Å². The fourth-order valence-electron chi connectivity index (χ4n) is 3.24. The molecule has 21 heavy (non-hydrogen) atoms. The Morgan fingerprint density at radius 1 is 1.10 bits per heavy atom. The molecule has 2 aromatic carbocycles. The van der Waals surface area contributed by atoms with E-state index in [1.54, 1.807) is 7.11 Å². The van der Waals surface area contributed by atoms with Gasteiger partial charge >= 0.3 is 0 Å². The molecular weight excluding hydrogens is 258 g/mol. The molecule has 1 N–H and O–H groups in total. The van der Waals surface area contributed by atoms with Crippen LogP contribution >= 0.6 is 0 Å². The zero-order valence-electron chi connectivity index (χ0n) is 12.9. The van der Waals surface area contributed by atoms with Crippen molar-refractivity contribution in [2.24, 2.45) is 0 Å². The Morgan fingerprint density at radius 2 is 1.95 bits per heavy atom. The quantitative estimate of drug-likeness (QED) is 0.809. The van der Waals surface area contributed by atoms with Crippen molar-refractivity contribution in [1.29, 1.82) is 0 Å². The van der Waals surface area contributed by atoms with Crippen molar-refractivity contribution in [3.63, 3.8) is 0 Å². The average Bonchev–Trinajstić information content (AvgIpc) is 2.70. The highest BCUT2D eigenvalue weighted by atomic mass is 16.5. The van der Waals surface area contributed by atoms with Gasteiger partial charge in [0.1, 0.15) is 5.75 Å². The molecule has 0 saturated heterocycles. The first-order valence-electron chi connectivity index (χ1n) is 7.77. The van der Waals surface area contributed by atoms with E-state index in [0.717, 1.165) is 5.75 Å². The van der Waals surface area contributed by atoms with Crippen LogP contribution in [0.1, 0.15) is 42.0 Å². The maximum Gasteiger partial charge on any atom is 0.121 e. The lowest BCUT2D eigenvalue weighted by Gasteiger charge is -2.21. The van der Waals surface area contributed by atoms with E-state index in [-0.39, 0.29) is 0 Å². The second-order valence-electron chi connectivity index (χ2n) is 5.83. The van der Waals surface area contributed by atoms with Crippen LogP contribution in [-0.2, 0) is 6.42 Å². The molecule has 1 aliphatic carbocycles. The van der Waals surface area contributed by atoms with E-state index in [1.165, 1.54) is 48.1 Å². The smallest absolute Gasteiger partial charge is 0.121 e. The van der Waals surface area contributed by atoms with Crippen LogP contribution in [-0.4, -0.2) is 7.11 Å². The minimum atomic E-state index is 0.413. The molecule has 0 aliphatic heterocycles. The summed E-state index contributed by atoms with van der Waals surface area (Å²) in [5.41, 5.74) is 5.31. The molecule has 0 spiro atoms. The molecule has 110 valence electrons. The van der Waals surface area contributed by atoms with Gasteiger partial charge in [0.15, 0.2) is 0 Å². The summed E-state index contributed by atoms with van der Waals surface area (Å²) in [4.78, 5) is 0. The maximum absolute atomic E-state index is 5.34. The van der Waals surface area contributed by atoms with Crippen LogP contribution in [0.15, 0.2) is 42.5 Å². The van der Waals surface area contributed by atoms with Gasteiger partial charge in [0.25, 0.3) is 0 Å². The van der Waals surface area contributed by atoms with E-state index in [0.29, 0.717) is 6.04 Å². The van der Waals surface area contributed by atoms with Crippen molar-refractivity contribution in [3.8, 4) is 5.75 Å². The summed E-state index contributed by atoms with van der Waals surface area (Å²) < 4.78 is 5.34. The summed E-state index contributed by atoms with van der Waals surface area (Å²) in [6, 6.07) is 15.6. The zero-order valence-corrected chi connectivity index (χ0v) is 12.9.